The molecule has 1 aromatic carbocycles. The Hall–Kier alpha value is -4.08. The van der Waals surface area contributed by atoms with Gasteiger partial charge in [0.05, 0.1) is 41.5 Å². The summed E-state index contributed by atoms with van der Waals surface area (Å²) >= 11 is 0. The highest BCUT2D eigenvalue weighted by Crippen LogP contribution is 2.26. The average molecular weight is 512 g/mol. The van der Waals surface area contributed by atoms with Gasteiger partial charge in [-0.2, -0.15) is 0 Å². The van der Waals surface area contributed by atoms with Gasteiger partial charge in [0.25, 0.3) is 0 Å². The molecule has 4 aromatic rings. The predicted molar refractivity (Wildman–Crippen MR) is 142 cm³/mol. The van der Waals surface area contributed by atoms with Gasteiger partial charge in [-0.05, 0) is 60.4 Å². The number of carbonyl (C=O) groups is 1. The van der Waals surface area contributed by atoms with Gasteiger partial charge in [0.2, 0.25) is 5.88 Å². The van der Waals surface area contributed by atoms with Crippen LogP contribution in [0, 0.1) is 0 Å². The van der Waals surface area contributed by atoms with Crippen LogP contribution in [0.2, 0.25) is 0 Å². The van der Waals surface area contributed by atoms with E-state index in [1.165, 1.54) is 5.57 Å². The predicted octanol–water partition coefficient (Wildman–Crippen LogP) is 4.18. The molecular formula is C29H29N5O4. The molecule has 3 aromatic heterocycles. The average Bonchev–Trinajstić information content (AvgIpc) is 3.26. The Kier molecular flexibility index (Phi) is 6.85. The van der Waals surface area contributed by atoms with E-state index >= 15 is 0 Å². The molecule has 0 spiro atoms. The number of rotatable bonds is 9. The molecule has 2 aliphatic heterocycles. The van der Waals surface area contributed by atoms with E-state index in [0.29, 0.717) is 25.6 Å². The lowest BCUT2D eigenvalue weighted by atomic mass is 10.0. The molecule has 0 aliphatic carbocycles. The third kappa shape index (κ3) is 5.29. The fourth-order valence-corrected chi connectivity index (χ4v) is 4.86. The van der Waals surface area contributed by atoms with Crippen LogP contribution in [0.5, 0.6) is 5.88 Å². The summed E-state index contributed by atoms with van der Waals surface area (Å²) in [6.45, 7) is 4.24. The summed E-state index contributed by atoms with van der Waals surface area (Å²) in [5, 5.41) is 9.48. The minimum absolute atomic E-state index is 0.145. The van der Waals surface area contributed by atoms with Crippen molar-refractivity contribution in [3.8, 4) is 5.88 Å². The first kappa shape index (κ1) is 24.3. The van der Waals surface area contributed by atoms with Crippen LogP contribution < -0.4 is 4.74 Å². The lowest BCUT2D eigenvalue weighted by Gasteiger charge is -2.29. The molecule has 0 unspecified atom stereocenters. The van der Waals surface area contributed by atoms with Gasteiger partial charge in [-0.3, -0.25) is 9.88 Å². The molecule has 6 rings (SSSR count). The van der Waals surface area contributed by atoms with Gasteiger partial charge in [-0.1, -0.05) is 12.1 Å². The van der Waals surface area contributed by atoms with Gasteiger partial charge >= 0.3 is 5.97 Å². The summed E-state index contributed by atoms with van der Waals surface area (Å²) in [6.07, 6.45) is 7.76. The zero-order chi connectivity index (χ0) is 25.9. The van der Waals surface area contributed by atoms with Crippen molar-refractivity contribution in [2.75, 3.05) is 19.7 Å². The molecule has 194 valence electrons. The van der Waals surface area contributed by atoms with Crippen LogP contribution in [0.3, 0.4) is 0 Å². The number of aromatic carboxylic acids is 1. The number of imidazole rings is 1. The molecular weight excluding hydrogens is 482 g/mol. The first-order chi connectivity index (χ1) is 18.6. The normalized spacial score (nSPS) is 17.7. The van der Waals surface area contributed by atoms with Gasteiger partial charge in [0.1, 0.15) is 12.4 Å². The van der Waals surface area contributed by atoms with Crippen molar-refractivity contribution in [3.63, 3.8) is 0 Å². The maximum absolute atomic E-state index is 11.6. The quantitative estimate of drug-likeness (QED) is 0.357. The maximum Gasteiger partial charge on any atom is 0.335 e. The number of pyridine rings is 2. The van der Waals surface area contributed by atoms with E-state index < -0.39 is 5.97 Å². The number of hydrogen-bond donors (Lipinski definition) is 1. The number of fused-ring (bicyclic) bond motifs is 1. The van der Waals surface area contributed by atoms with Crippen molar-refractivity contribution in [2.24, 2.45) is 0 Å². The lowest BCUT2D eigenvalue weighted by molar-refractivity contribution is -0.0591. The molecule has 9 heteroatoms. The van der Waals surface area contributed by atoms with Crippen LogP contribution in [0.1, 0.15) is 40.3 Å². The van der Waals surface area contributed by atoms with Gasteiger partial charge in [0, 0.05) is 38.2 Å². The first-order valence-corrected chi connectivity index (χ1v) is 12.9. The van der Waals surface area contributed by atoms with Crippen LogP contribution >= 0.6 is 0 Å². The maximum atomic E-state index is 11.6. The second kappa shape index (κ2) is 10.7. The molecule has 0 bridgehead atoms. The van der Waals surface area contributed by atoms with Crippen LogP contribution in [-0.2, 0) is 24.4 Å². The van der Waals surface area contributed by atoms with E-state index in [4.69, 9.17) is 19.4 Å². The van der Waals surface area contributed by atoms with Crippen molar-refractivity contribution in [1.29, 1.82) is 0 Å². The molecule has 2 aliphatic rings. The zero-order valence-electron chi connectivity index (χ0n) is 21.0. The van der Waals surface area contributed by atoms with Crippen molar-refractivity contribution in [1.82, 2.24) is 24.4 Å². The molecule has 1 saturated heterocycles. The third-order valence-corrected chi connectivity index (χ3v) is 7.10. The summed E-state index contributed by atoms with van der Waals surface area (Å²) < 4.78 is 13.7. The lowest BCUT2D eigenvalue weighted by Crippen LogP contribution is -2.33. The van der Waals surface area contributed by atoms with Crippen LogP contribution in [0.4, 0.5) is 0 Å². The molecule has 5 heterocycles. The fourth-order valence-electron chi connectivity index (χ4n) is 4.86. The van der Waals surface area contributed by atoms with Gasteiger partial charge in [0.15, 0.2) is 0 Å². The molecule has 1 fully saturated rings. The Balaban J connectivity index is 1.16. The Morgan fingerprint density at radius 3 is 2.74 bits per heavy atom. The van der Waals surface area contributed by atoms with Crippen molar-refractivity contribution >= 4 is 22.6 Å². The molecule has 0 radical (unpaired) electrons. The first-order valence-electron chi connectivity index (χ1n) is 12.9. The highest BCUT2D eigenvalue weighted by atomic mass is 16.5. The van der Waals surface area contributed by atoms with E-state index in [-0.39, 0.29) is 11.7 Å². The van der Waals surface area contributed by atoms with Gasteiger partial charge in [-0.15, -0.1) is 0 Å². The minimum Gasteiger partial charge on any atom is -0.478 e. The molecule has 38 heavy (non-hydrogen) atoms. The van der Waals surface area contributed by atoms with E-state index in [2.05, 4.69) is 20.5 Å². The number of ether oxygens (including phenoxy) is 2. The summed E-state index contributed by atoms with van der Waals surface area (Å²) in [5.41, 5.74) is 5.12. The molecule has 0 saturated carbocycles. The Morgan fingerprint density at radius 2 is 2.00 bits per heavy atom. The standard InChI is InChI=1S/C29H29N5O4/c35-29(36)22-4-5-25-26(16-22)34(17-23-10-15-37-23)27(31-25)18-33-13-8-21(9-14-33)24-2-1-3-28(32-24)38-19-20-6-11-30-12-7-20/h1-8,11-12,16,23H,9-10,13-15,17-19H2,(H,35,36)/t23-/m0/s1. The molecule has 1 N–H and O–H groups in total. The molecule has 1 atom stereocenters. The Labute approximate surface area is 220 Å². The largest absolute Gasteiger partial charge is 0.478 e. The van der Waals surface area contributed by atoms with Crippen LogP contribution in [-0.4, -0.2) is 61.3 Å². The van der Waals surface area contributed by atoms with Crippen molar-refractivity contribution in [2.45, 2.75) is 38.6 Å². The van der Waals surface area contributed by atoms with E-state index in [1.54, 1.807) is 30.6 Å². The molecule has 0 amide bonds. The number of aromatic nitrogens is 4. The zero-order valence-corrected chi connectivity index (χ0v) is 21.0. The van der Waals surface area contributed by atoms with Crippen LogP contribution in [0.15, 0.2) is 67.0 Å². The van der Waals surface area contributed by atoms with Crippen molar-refractivity contribution < 1.29 is 19.4 Å². The Morgan fingerprint density at radius 1 is 1.13 bits per heavy atom. The summed E-state index contributed by atoms with van der Waals surface area (Å²) in [4.78, 5) is 27.5. The van der Waals surface area contributed by atoms with E-state index in [9.17, 15) is 9.90 Å². The summed E-state index contributed by atoms with van der Waals surface area (Å²) in [5.74, 6) is 0.602. The Bertz CT molecular complexity index is 1480. The second-order valence-corrected chi connectivity index (χ2v) is 9.65. The minimum atomic E-state index is -0.935. The highest BCUT2D eigenvalue weighted by molar-refractivity contribution is 5.92. The third-order valence-electron chi connectivity index (χ3n) is 7.10. The monoisotopic (exact) mass is 511 g/mol. The fraction of sp³-hybridized carbons (Fsp3) is 0.310. The number of benzene rings is 1. The number of carboxylic acids is 1. The highest BCUT2D eigenvalue weighted by Gasteiger charge is 2.24. The SMILES string of the molecule is O=C(O)c1ccc2nc(CN3CC=C(c4cccc(OCc5ccncc5)n4)CC3)n(C[C@@H]3CCO3)c2c1. The second-order valence-electron chi connectivity index (χ2n) is 9.65. The topological polar surface area (TPSA) is 103 Å². The van der Waals surface area contributed by atoms with Crippen LogP contribution in [0.25, 0.3) is 16.6 Å². The van der Waals surface area contributed by atoms with Gasteiger partial charge < -0.3 is 19.1 Å². The number of nitrogens with zero attached hydrogens (tertiary/aromatic N) is 5. The molecule has 9 nitrogen and oxygen atoms in total. The smallest absolute Gasteiger partial charge is 0.335 e. The number of hydrogen-bond acceptors (Lipinski definition) is 7. The van der Waals surface area contributed by atoms with Gasteiger partial charge in [-0.25, -0.2) is 14.8 Å². The van der Waals surface area contributed by atoms with Crippen molar-refractivity contribution in [3.05, 3.63) is 89.6 Å². The number of carboxylic acid groups (broad SMARTS) is 1. The summed E-state index contributed by atoms with van der Waals surface area (Å²) in [7, 11) is 0. The summed E-state index contributed by atoms with van der Waals surface area (Å²) in [6, 6.07) is 14.9. The van der Waals surface area contributed by atoms with E-state index in [1.807, 2.05) is 30.3 Å². The van der Waals surface area contributed by atoms with E-state index in [0.717, 1.165) is 60.7 Å².